The van der Waals surface area contributed by atoms with Gasteiger partial charge in [0.15, 0.2) is 29.0 Å². The average Bonchev–Trinajstić information content (AvgIpc) is 1.13. The topological polar surface area (TPSA) is 280 Å². The Bertz CT molecular complexity index is 4470. The summed E-state index contributed by atoms with van der Waals surface area (Å²) < 4.78 is 28.2. The number of Topliss-reactive ketones (excluding diaryl/α,β-unsaturated/α-hetero) is 2. The molecule has 110 heavy (non-hydrogen) atoms. The Morgan fingerprint density at radius 1 is 0.536 bits per heavy atom. The standard InChI is InChI=1S/C89H125N9O12/c1-49(2)69-56(99)41-88(38-36-84(14)52(71(69)88)22-26-61-82(12)32-30-63(109-67(101)45-78(5,6)76(103)104)79(7,8)59(82)28-34-86(61,84)16)43-65-93-95-74(97(65)18)54-24-25-58(108-21)55(92-54)40-81(11,77(105)106)46-68(102)110-64-31-33-83(13)60(80(64,9)10)29-35-87(17)62(83)27-23-53-72-70(50(3)4)57(100)42-89(72,39-37-85(53,87)15)44-66-94-96-75(98(66)19)73-90-47-51(107-20)48-91-73/h24-25,47-50,52-53,59-64H,22-23,26-46H2,1-21H3,(H,103,104)(H,105,106)/t52-,53-,59+,60+,61-,62-,63+,64+,81?,82+,83+,84-,85-,86-,87-,88+,89+/m1/s1. The zero-order valence-electron chi connectivity index (χ0n) is 69.8. The van der Waals surface area contributed by atoms with Crippen LogP contribution in [0.5, 0.6) is 11.5 Å². The Hall–Kier alpha value is -7.19. The van der Waals surface area contributed by atoms with Gasteiger partial charge in [0.2, 0.25) is 5.82 Å². The van der Waals surface area contributed by atoms with Gasteiger partial charge < -0.3 is 38.3 Å². The molecule has 0 spiro atoms. The Kier molecular flexibility index (Phi) is 19.5. The third-order valence-electron chi connectivity index (χ3n) is 33.7. The number of methoxy groups -OCH3 is 2. The number of allylic oxidation sites excluding steroid dienone is 4. The third-order valence-corrected chi connectivity index (χ3v) is 33.7. The first-order valence-electron chi connectivity index (χ1n) is 41.5. The minimum atomic E-state index is -1.63. The highest BCUT2D eigenvalue weighted by Gasteiger charge is 2.73. The second-order valence-corrected chi connectivity index (χ2v) is 40.9. The van der Waals surface area contributed by atoms with Crippen molar-refractivity contribution in [3.8, 4) is 34.7 Å². The first kappa shape index (κ1) is 79.5. The summed E-state index contributed by atoms with van der Waals surface area (Å²) in [5, 5.41) is 40.2. The van der Waals surface area contributed by atoms with Gasteiger partial charge in [0.25, 0.3) is 0 Å². The van der Waals surface area contributed by atoms with Crippen molar-refractivity contribution < 1.29 is 57.9 Å². The fourth-order valence-corrected chi connectivity index (χ4v) is 27.5. The number of nitrogens with zero attached hydrogens (tertiary/aromatic N) is 9. The molecule has 0 aliphatic heterocycles. The molecule has 0 radical (unpaired) electrons. The molecule has 0 bridgehead atoms. The van der Waals surface area contributed by atoms with Crippen LogP contribution in [-0.2, 0) is 71.6 Å². The Labute approximate surface area is 651 Å². The highest BCUT2D eigenvalue weighted by atomic mass is 16.5. The molecule has 8 fully saturated rings. The molecule has 21 nitrogen and oxygen atoms in total. The fraction of sp³-hybridized carbons (Fsp3) is 0.742. The number of ketones is 2. The summed E-state index contributed by atoms with van der Waals surface area (Å²) >= 11 is 0. The summed E-state index contributed by atoms with van der Waals surface area (Å²) in [5.74, 6) is 3.31. The number of hydrogen-bond donors (Lipinski definition) is 2. The number of carbonyl (C=O) groups is 6. The summed E-state index contributed by atoms with van der Waals surface area (Å²) in [6.45, 7) is 37.8. The van der Waals surface area contributed by atoms with Crippen LogP contribution in [-0.4, -0.2) is 117 Å². The second kappa shape index (κ2) is 27.0. The number of fused-ring (bicyclic) bond motifs is 14. The molecule has 10 aliphatic rings. The minimum absolute atomic E-state index is 0.0158. The summed E-state index contributed by atoms with van der Waals surface area (Å²) in [7, 11) is 7.05. The van der Waals surface area contributed by atoms with Crippen LogP contribution < -0.4 is 9.47 Å². The van der Waals surface area contributed by atoms with E-state index in [2.05, 4.69) is 112 Å². The van der Waals surface area contributed by atoms with Gasteiger partial charge in [-0.25, -0.2) is 15.0 Å². The number of carboxylic acids is 2. The molecule has 2 N–H and O–H groups in total. The molecular weight excluding hydrogens is 1390 g/mol. The number of ether oxygens (including phenoxy) is 4. The molecule has 0 aromatic carbocycles. The van der Waals surface area contributed by atoms with Crippen molar-refractivity contribution in [1.29, 1.82) is 0 Å². The molecule has 4 aromatic rings. The van der Waals surface area contributed by atoms with Crippen LogP contribution in [0.3, 0.4) is 0 Å². The first-order valence-corrected chi connectivity index (χ1v) is 41.5. The van der Waals surface area contributed by atoms with Crippen LogP contribution in [0.25, 0.3) is 23.2 Å². The number of aromatic nitrogens is 9. The predicted octanol–water partition coefficient (Wildman–Crippen LogP) is 16.6. The average molecular weight is 1510 g/mol. The maximum Gasteiger partial charge on any atom is 0.310 e. The molecule has 598 valence electrons. The van der Waals surface area contributed by atoms with Gasteiger partial charge in [-0.3, -0.25) is 28.8 Å². The summed E-state index contributed by atoms with van der Waals surface area (Å²) in [6.07, 6.45) is 18.9. The van der Waals surface area contributed by atoms with E-state index in [1.807, 2.05) is 29.3 Å². The third kappa shape index (κ3) is 11.9. The maximum atomic E-state index is 14.8. The van der Waals surface area contributed by atoms with Gasteiger partial charge >= 0.3 is 23.9 Å². The van der Waals surface area contributed by atoms with E-state index in [-0.39, 0.29) is 110 Å². The lowest BCUT2D eigenvalue weighted by Gasteiger charge is -2.72. The van der Waals surface area contributed by atoms with Crippen LogP contribution in [0, 0.1) is 112 Å². The van der Waals surface area contributed by atoms with E-state index in [1.54, 1.807) is 46.3 Å². The van der Waals surface area contributed by atoms with Crippen molar-refractivity contribution in [3.05, 3.63) is 64.2 Å². The van der Waals surface area contributed by atoms with Crippen molar-refractivity contribution in [2.75, 3.05) is 14.2 Å². The smallest absolute Gasteiger partial charge is 0.310 e. The lowest BCUT2D eigenvalue weighted by molar-refractivity contribution is -0.233. The van der Waals surface area contributed by atoms with E-state index in [1.165, 1.54) is 18.3 Å². The summed E-state index contributed by atoms with van der Waals surface area (Å²) in [4.78, 5) is 97.6. The number of aliphatic carboxylic acids is 2. The van der Waals surface area contributed by atoms with E-state index in [0.29, 0.717) is 90.2 Å². The zero-order chi connectivity index (χ0) is 79.8. The molecule has 8 saturated carbocycles. The molecule has 0 saturated heterocycles. The van der Waals surface area contributed by atoms with Crippen molar-refractivity contribution in [2.45, 2.75) is 278 Å². The van der Waals surface area contributed by atoms with Crippen molar-refractivity contribution in [1.82, 2.24) is 44.5 Å². The van der Waals surface area contributed by atoms with Crippen LogP contribution in [0.2, 0.25) is 0 Å². The van der Waals surface area contributed by atoms with E-state index in [4.69, 9.17) is 39.2 Å². The van der Waals surface area contributed by atoms with Crippen LogP contribution in [0.15, 0.2) is 46.8 Å². The predicted molar refractivity (Wildman–Crippen MR) is 415 cm³/mol. The lowest BCUT2D eigenvalue weighted by Crippen LogP contribution is -2.65. The number of carbonyl (C=O) groups excluding carboxylic acids is 4. The van der Waals surface area contributed by atoms with Gasteiger partial charge in [0.05, 0.1) is 56.0 Å². The normalized spacial score (nSPS) is 36.1. The van der Waals surface area contributed by atoms with Crippen LogP contribution >= 0.6 is 0 Å². The van der Waals surface area contributed by atoms with Gasteiger partial charge in [0, 0.05) is 67.9 Å². The maximum absolute atomic E-state index is 14.8. The number of rotatable bonds is 20. The highest BCUT2D eigenvalue weighted by Crippen LogP contribution is 2.79. The van der Waals surface area contributed by atoms with Crippen molar-refractivity contribution in [2.24, 2.45) is 126 Å². The van der Waals surface area contributed by atoms with Gasteiger partial charge in [0.1, 0.15) is 35.3 Å². The molecule has 4 aromatic heterocycles. The zero-order valence-corrected chi connectivity index (χ0v) is 69.8. The van der Waals surface area contributed by atoms with Crippen LogP contribution in [0.1, 0.15) is 263 Å². The monoisotopic (exact) mass is 1510 g/mol. The SMILES string of the molecule is COc1cnc(-c2nnc(C[C@@]34CC[C@]5(C)[C@H](CC[C@@H]6[C@@]7(C)CC[C@H](OC(=O)CC(C)(Cc8nc(-c9nnc(C[C@@]%10%11CC[C@]%12(C)[C@H](CC[C@@H]%13[C@@]%14(C)CC[C@H](OC(=O)CC(C)(C)C(=O)O)C(C)(C)[C@@H]%14CC[C@]%13%12C)C%10=C(C(C)C)C(=O)C%11)n9C)ccc8OC)C(=O)O)C(C)(C)[C@@H]7CC[C@]65C)C3=C(C(C)C)C(=O)C4)n2C)nc1. The minimum Gasteiger partial charge on any atom is -0.495 e. The van der Waals surface area contributed by atoms with Gasteiger partial charge in [-0.15, -0.1) is 20.4 Å². The van der Waals surface area contributed by atoms with Crippen molar-refractivity contribution in [3.63, 3.8) is 0 Å². The quantitative estimate of drug-likeness (QED) is 0.0778. The van der Waals surface area contributed by atoms with E-state index >= 15 is 0 Å². The largest absolute Gasteiger partial charge is 0.495 e. The first-order chi connectivity index (χ1) is 51.4. The van der Waals surface area contributed by atoms with Crippen molar-refractivity contribution >= 4 is 35.4 Å². The lowest BCUT2D eigenvalue weighted by atomic mass is 9.33. The number of esters is 2. The molecule has 10 aliphatic carbocycles. The number of carboxylic acid groups (broad SMARTS) is 2. The Morgan fingerprint density at radius 2 is 0.991 bits per heavy atom. The highest BCUT2D eigenvalue weighted by molar-refractivity contribution is 6.01. The molecule has 21 heteroatoms. The van der Waals surface area contributed by atoms with Gasteiger partial charge in [-0.05, 0) is 227 Å². The van der Waals surface area contributed by atoms with E-state index in [9.17, 15) is 39.0 Å². The molecule has 1 unspecified atom stereocenters. The summed E-state index contributed by atoms with van der Waals surface area (Å²) in [5.41, 5.74) is 0.872. The molecule has 14 rings (SSSR count). The molecule has 17 atom stereocenters. The Balaban J connectivity index is 0.656. The van der Waals surface area contributed by atoms with Crippen LogP contribution in [0.4, 0.5) is 0 Å². The number of hydrogen-bond acceptors (Lipinski definition) is 17. The molecule has 4 heterocycles. The van der Waals surface area contributed by atoms with Gasteiger partial charge in [-0.2, -0.15) is 0 Å². The molecular formula is C89H125N9O12. The Morgan fingerprint density at radius 3 is 1.43 bits per heavy atom. The molecule has 0 amide bonds. The number of pyridine rings is 1. The van der Waals surface area contributed by atoms with E-state index < -0.39 is 51.6 Å². The summed E-state index contributed by atoms with van der Waals surface area (Å²) in [6, 6.07) is 3.61. The van der Waals surface area contributed by atoms with E-state index in [0.717, 1.165) is 119 Å². The fourth-order valence-electron chi connectivity index (χ4n) is 27.5. The van der Waals surface area contributed by atoms with Gasteiger partial charge in [-0.1, -0.05) is 108 Å². The second-order valence-electron chi connectivity index (χ2n) is 40.9.